The molecule has 0 bridgehead atoms. The molecule has 166 valence electrons. The maximum Gasteiger partial charge on any atom is 0.291 e. The zero-order chi connectivity index (χ0) is 24.1. The molecule has 0 fully saturated rings. The summed E-state index contributed by atoms with van der Waals surface area (Å²) in [6.45, 7) is 1.65. The molecule has 2 aromatic carbocycles. The fraction of sp³-hybridized carbons (Fsp3) is 0.167. The van der Waals surface area contributed by atoms with Crippen LogP contribution in [-0.4, -0.2) is 31.7 Å². The number of nitrogens with two attached hydrogens (primary N) is 1. The highest BCUT2D eigenvalue weighted by Crippen LogP contribution is 2.31. The number of nitriles is 2. The Hall–Kier alpha value is -4.76. The lowest BCUT2D eigenvalue weighted by Crippen LogP contribution is -2.26. The van der Waals surface area contributed by atoms with Crippen molar-refractivity contribution in [3.63, 3.8) is 0 Å². The van der Waals surface area contributed by atoms with Gasteiger partial charge >= 0.3 is 0 Å². The highest BCUT2D eigenvalue weighted by Gasteiger charge is 2.22. The van der Waals surface area contributed by atoms with Crippen molar-refractivity contribution in [1.29, 1.82) is 10.5 Å². The molecule has 2 N–H and O–H groups in total. The Morgan fingerprint density at radius 1 is 0.939 bits per heavy atom. The molecular weight excluding hydrogens is 422 g/mol. The van der Waals surface area contributed by atoms with Crippen molar-refractivity contribution in [3.8, 4) is 40.5 Å². The molecule has 33 heavy (non-hydrogen) atoms. The third kappa shape index (κ3) is 4.21. The van der Waals surface area contributed by atoms with Crippen LogP contribution in [0.2, 0.25) is 0 Å². The molecule has 3 aromatic rings. The molecular formula is C24H21N5O4. The lowest BCUT2D eigenvalue weighted by Gasteiger charge is -2.14. The maximum atomic E-state index is 13.2. The standard InChI is InChI=1S/C24H21N5O4/c1-14(18-11-17(32-3)9-10-21(18)33-4)28-29-23(27)19(12-25)22(20(13-26)24(29)30)15-5-7-16(31-2)8-6-15/h5-11H,27H2,1-4H3/b28-14+. The van der Waals surface area contributed by atoms with Crippen molar-refractivity contribution in [3.05, 3.63) is 69.5 Å². The number of ether oxygens (including phenoxy) is 3. The first-order chi connectivity index (χ1) is 15.9. The van der Waals surface area contributed by atoms with Gasteiger partial charge in [-0.3, -0.25) is 4.79 Å². The van der Waals surface area contributed by atoms with Crippen molar-refractivity contribution in [2.45, 2.75) is 6.92 Å². The Morgan fingerprint density at radius 3 is 2.09 bits per heavy atom. The minimum Gasteiger partial charge on any atom is -0.497 e. The van der Waals surface area contributed by atoms with Crippen molar-refractivity contribution < 1.29 is 14.2 Å². The maximum absolute atomic E-state index is 13.2. The summed E-state index contributed by atoms with van der Waals surface area (Å²) in [5.41, 5.74) is 6.72. The number of rotatable bonds is 6. The first-order valence-electron chi connectivity index (χ1n) is 9.71. The average Bonchev–Trinajstić information content (AvgIpc) is 2.85. The van der Waals surface area contributed by atoms with Gasteiger partial charge in [-0.2, -0.15) is 20.3 Å². The number of methoxy groups -OCH3 is 3. The zero-order valence-corrected chi connectivity index (χ0v) is 18.5. The predicted octanol–water partition coefficient (Wildman–Crippen LogP) is 3.14. The van der Waals surface area contributed by atoms with E-state index in [1.807, 2.05) is 12.1 Å². The van der Waals surface area contributed by atoms with Gasteiger partial charge in [-0.25, -0.2) is 0 Å². The summed E-state index contributed by atoms with van der Waals surface area (Å²) in [6.07, 6.45) is 0. The molecule has 0 aliphatic heterocycles. The molecule has 0 radical (unpaired) electrons. The molecule has 0 aliphatic rings. The first-order valence-corrected chi connectivity index (χ1v) is 9.71. The molecule has 9 heteroatoms. The summed E-state index contributed by atoms with van der Waals surface area (Å²) < 4.78 is 16.6. The van der Waals surface area contributed by atoms with Crippen LogP contribution in [0.15, 0.2) is 52.4 Å². The van der Waals surface area contributed by atoms with Gasteiger partial charge in [0, 0.05) is 11.1 Å². The molecule has 3 rings (SSSR count). The van der Waals surface area contributed by atoms with E-state index in [0.29, 0.717) is 34.1 Å². The van der Waals surface area contributed by atoms with Gasteiger partial charge in [-0.15, -0.1) is 0 Å². The number of anilines is 1. The minimum absolute atomic E-state index is 0.0366. The largest absolute Gasteiger partial charge is 0.497 e. The van der Waals surface area contributed by atoms with Crippen LogP contribution in [0.3, 0.4) is 0 Å². The third-order valence-corrected chi connectivity index (χ3v) is 5.04. The van der Waals surface area contributed by atoms with Gasteiger partial charge in [0.1, 0.15) is 46.3 Å². The van der Waals surface area contributed by atoms with E-state index >= 15 is 0 Å². The number of nitrogens with zero attached hydrogens (tertiary/aromatic N) is 4. The molecule has 0 saturated carbocycles. The first kappa shape index (κ1) is 22.9. The average molecular weight is 443 g/mol. The second kappa shape index (κ2) is 9.58. The van der Waals surface area contributed by atoms with Crippen LogP contribution < -0.4 is 25.5 Å². The second-order valence-electron chi connectivity index (χ2n) is 6.83. The van der Waals surface area contributed by atoms with Crippen molar-refractivity contribution in [2.75, 3.05) is 27.1 Å². The van der Waals surface area contributed by atoms with E-state index in [-0.39, 0.29) is 22.5 Å². The molecule has 0 spiro atoms. The smallest absolute Gasteiger partial charge is 0.291 e. The van der Waals surface area contributed by atoms with E-state index < -0.39 is 5.56 Å². The van der Waals surface area contributed by atoms with Gasteiger partial charge in [0.25, 0.3) is 5.56 Å². The van der Waals surface area contributed by atoms with Crippen molar-refractivity contribution in [1.82, 2.24) is 4.68 Å². The summed E-state index contributed by atoms with van der Waals surface area (Å²) in [4.78, 5) is 13.2. The predicted molar refractivity (Wildman–Crippen MR) is 124 cm³/mol. The monoisotopic (exact) mass is 443 g/mol. The molecule has 1 aromatic heterocycles. The fourth-order valence-electron chi connectivity index (χ4n) is 3.34. The van der Waals surface area contributed by atoms with Crippen LogP contribution in [-0.2, 0) is 0 Å². The van der Waals surface area contributed by atoms with E-state index in [1.54, 1.807) is 49.4 Å². The van der Waals surface area contributed by atoms with Crippen LogP contribution in [0.25, 0.3) is 11.1 Å². The number of pyridine rings is 1. The highest BCUT2D eigenvalue weighted by molar-refractivity contribution is 6.01. The molecule has 0 amide bonds. The number of hydrogen-bond acceptors (Lipinski definition) is 8. The Labute approximate surface area is 190 Å². The number of aromatic nitrogens is 1. The molecule has 0 saturated heterocycles. The molecule has 0 unspecified atom stereocenters. The number of nitrogen functional groups attached to an aromatic ring is 1. The van der Waals surface area contributed by atoms with Gasteiger partial charge in [-0.05, 0) is 42.8 Å². The zero-order valence-electron chi connectivity index (χ0n) is 18.5. The Balaban J connectivity index is 2.28. The summed E-state index contributed by atoms with van der Waals surface area (Å²) in [5.74, 6) is 1.46. The van der Waals surface area contributed by atoms with E-state index in [2.05, 4.69) is 5.10 Å². The van der Waals surface area contributed by atoms with E-state index in [4.69, 9.17) is 19.9 Å². The Kier molecular flexibility index (Phi) is 6.65. The van der Waals surface area contributed by atoms with Gasteiger partial charge in [0.05, 0.1) is 27.0 Å². The quantitative estimate of drug-likeness (QED) is 0.578. The Morgan fingerprint density at radius 2 is 1.55 bits per heavy atom. The highest BCUT2D eigenvalue weighted by atomic mass is 16.5. The third-order valence-electron chi connectivity index (χ3n) is 5.04. The second-order valence-corrected chi connectivity index (χ2v) is 6.83. The normalized spacial score (nSPS) is 10.8. The van der Waals surface area contributed by atoms with E-state index in [1.165, 1.54) is 21.3 Å². The van der Waals surface area contributed by atoms with Gasteiger partial charge in [0.2, 0.25) is 0 Å². The van der Waals surface area contributed by atoms with Gasteiger partial charge in [0.15, 0.2) is 0 Å². The van der Waals surface area contributed by atoms with Crippen molar-refractivity contribution in [2.24, 2.45) is 5.10 Å². The summed E-state index contributed by atoms with van der Waals surface area (Å²) >= 11 is 0. The van der Waals surface area contributed by atoms with E-state index in [9.17, 15) is 15.3 Å². The Bertz CT molecular complexity index is 1380. The van der Waals surface area contributed by atoms with E-state index in [0.717, 1.165) is 4.68 Å². The van der Waals surface area contributed by atoms with Crippen LogP contribution >= 0.6 is 0 Å². The summed E-state index contributed by atoms with van der Waals surface area (Å²) in [7, 11) is 4.55. The van der Waals surface area contributed by atoms with Crippen LogP contribution in [0.5, 0.6) is 17.2 Å². The van der Waals surface area contributed by atoms with Crippen LogP contribution in [0, 0.1) is 22.7 Å². The molecule has 9 nitrogen and oxygen atoms in total. The lowest BCUT2D eigenvalue weighted by molar-refractivity contribution is 0.402. The van der Waals surface area contributed by atoms with Crippen molar-refractivity contribution >= 4 is 11.5 Å². The van der Waals surface area contributed by atoms with Crippen LogP contribution in [0.1, 0.15) is 23.6 Å². The lowest BCUT2D eigenvalue weighted by atomic mass is 9.96. The summed E-state index contributed by atoms with van der Waals surface area (Å²) in [6, 6.07) is 15.7. The molecule has 0 aliphatic carbocycles. The van der Waals surface area contributed by atoms with Crippen LogP contribution in [0.4, 0.5) is 5.82 Å². The van der Waals surface area contributed by atoms with Gasteiger partial charge < -0.3 is 19.9 Å². The number of hydrogen-bond donors (Lipinski definition) is 1. The minimum atomic E-state index is -0.749. The topological polar surface area (TPSA) is 136 Å². The molecule has 1 heterocycles. The molecule has 0 atom stereocenters. The van der Waals surface area contributed by atoms with Gasteiger partial charge in [-0.1, -0.05) is 12.1 Å². The number of benzene rings is 2. The SMILES string of the molecule is COc1ccc(-c2c(C#N)c(N)n(/N=C(\C)c3cc(OC)ccc3OC)c(=O)c2C#N)cc1. The fourth-order valence-corrected chi connectivity index (χ4v) is 3.34. The summed E-state index contributed by atoms with van der Waals surface area (Å²) in [5, 5.41) is 23.9.